The molecular formula is C12H19NSi. The number of hydrogen-bond donors (Lipinski definition) is 1. The highest BCUT2D eigenvalue weighted by Gasteiger charge is 2.31. The zero-order valence-corrected chi connectivity index (χ0v) is 10.9. The van der Waals surface area contributed by atoms with Crippen LogP contribution < -0.4 is 4.98 Å². The lowest BCUT2D eigenvalue weighted by molar-refractivity contribution is 0.277. The summed E-state index contributed by atoms with van der Waals surface area (Å²) in [4.78, 5) is 3.67. The molecule has 1 aliphatic carbocycles. The van der Waals surface area contributed by atoms with Crippen molar-refractivity contribution in [2.45, 2.75) is 37.6 Å². The first kappa shape index (κ1) is 9.93. The molecule has 1 aromatic rings. The second kappa shape index (κ2) is 4.28. The topological polar surface area (TPSA) is 12.0 Å². The Morgan fingerprint density at radius 3 is 2.21 bits per heavy atom. The van der Waals surface area contributed by atoms with Crippen molar-refractivity contribution < 1.29 is 0 Å². The Hall–Kier alpha value is -0.603. The molecule has 0 spiro atoms. The van der Waals surface area contributed by atoms with Crippen molar-refractivity contribution in [1.82, 2.24) is 4.98 Å². The van der Waals surface area contributed by atoms with Gasteiger partial charge in [0, 0.05) is 5.54 Å². The summed E-state index contributed by atoms with van der Waals surface area (Å²) in [5.41, 5.74) is 1.82. The van der Waals surface area contributed by atoms with Crippen LogP contribution in [0, 0.1) is 0 Å². The standard InChI is InChI=1S/C12H19NSi/c14-13-12(9-5-2-6-10-12)11-7-3-1-4-8-11/h1,3-4,7-8,13H,2,5-6,9-10H2,14H3. The van der Waals surface area contributed by atoms with E-state index in [-0.39, 0.29) is 0 Å². The van der Waals surface area contributed by atoms with Gasteiger partial charge in [-0.05, 0) is 18.4 Å². The second-order valence-electron chi connectivity index (χ2n) is 4.26. The van der Waals surface area contributed by atoms with E-state index in [0.29, 0.717) is 5.54 Å². The predicted octanol–water partition coefficient (Wildman–Crippen LogP) is 1.72. The van der Waals surface area contributed by atoms with Gasteiger partial charge in [0.25, 0.3) is 0 Å². The molecule has 0 radical (unpaired) electrons. The molecule has 1 saturated carbocycles. The van der Waals surface area contributed by atoms with Crippen LogP contribution in [0.4, 0.5) is 0 Å². The van der Waals surface area contributed by atoms with E-state index in [0.717, 1.165) is 10.4 Å². The Labute approximate surface area is 89.4 Å². The molecule has 1 nitrogen and oxygen atoms in total. The third-order valence-corrected chi connectivity index (χ3v) is 4.47. The zero-order chi connectivity index (χ0) is 9.86. The van der Waals surface area contributed by atoms with Gasteiger partial charge < -0.3 is 4.98 Å². The number of hydrogen-bond acceptors (Lipinski definition) is 1. The molecule has 2 rings (SSSR count). The maximum Gasteiger partial charge on any atom is 0.0760 e. The summed E-state index contributed by atoms with van der Waals surface area (Å²) in [5.74, 6) is 0. The number of benzene rings is 1. The third-order valence-electron chi connectivity index (χ3n) is 3.51. The van der Waals surface area contributed by atoms with Gasteiger partial charge in [0.1, 0.15) is 0 Å². The van der Waals surface area contributed by atoms with Crippen molar-refractivity contribution >= 4 is 10.4 Å². The second-order valence-corrected chi connectivity index (χ2v) is 4.76. The van der Waals surface area contributed by atoms with Crippen LogP contribution in [0.15, 0.2) is 30.3 Å². The van der Waals surface area contributed by atoms with Gasteiger partial charge in [-0.15, -0.1) is 0 Å². The number of rotatable bonds is 2. The van der Waals surface area contributed by atoms with Crippen molar-refractivity contribution in [3.05, 3.63) is 35.9 Å². The quantitative estimate of drug-likeness (QED) is 0.725. The molecule has 1 aromatic carbocycles. The Kier molecular flexibility index (Phi) is 3.04. The molecule has 1 N–H and O–H groups in total. The van der Waals surface area contributed by atoms with E-state index in [9.17, 15) is 0 Å². The van der Waals surface area contributed by atoms with E-state index in [1.807, 2.05) is 0 Å². The Bertz CT molecular complexity index is 278. The van der Waals surface area contributed by atoms with Gasteiger partial charge in [-0.3, -0.25) is 0 Å². The van der Waals surface area contributed by atoms with Crippen LogP contribution in [-0.2, 0) is 5.54 Å². The summed E-state index contributed by atoms with van der Waals surface area (Å²) in [6, 6.07) is 11.0. The van der Waals surface area contributed by atoms with Crippen molar-refractivity contribution in [1.29, 1.82) is 0 Å². The lowest BCUT2D eigenvalue weighted by atomic mass is 9.77. The maximum absolute atomic E-state index is 3.67. The van der Waals surface area contributed by atoms with Gasteiger partial charge in [0.2, 0.25) is 0 Å². The highest BCUT2D eigenvalue weighted by atomic mass is 28.2. The first-order valence-electron chi connectivity index (χ1n) is 5.62. The molecule has 76 valence electrons. The SMILES string of the molecule is [SiH3]NC1(c2ccccc2)CCCCC1. The first-order chi connectivity index (χ1) is 6.87. The molecule has 14 heavy (non-hydrogen) atoms. The highest BCUT2D eigenvalue weighted by Crippen LogP contribution is 2.36. The van der Waals surface area contributed by atoms with E-state index in [1.54, 1.807) is 0 Å². The minimum Gasteiger partial charge on any atom is -0.337 e. The maximum atomic E-state index is 3.67. The average Bonchev–Trinajstić information content (AvgIpc) is 2.31. The van der Waals surface area contributed by atoms with Gasteiger partial charge in [-0.25, -0.2) is 0 Å². The molecule has 0 atom stereocenters. The fourth-order valence-electron chi connectivity index (χ4n) is 2.60. The zero-order valence-electron chi connectivity index (χ0n) is 8.92. The fourth-order valence-corrected chi connectivity index (χ4v) is 3.38. The summed E-state index contributed by atoms with van der Waals surface area (Å²) in [6.45, 7) is 0. The van der Waals surface area contributed by atoms with Crippen LogP contribution in [0.1, 0.15) is 37.7 Å². The van der Waals surface area contributed by atoms with Crippen molar-refractivity contribution in [2.75, 3.05) is 0 Å². The van der Waals surface area contributed by atoms with Gasteiger partial charge in [-0.2, -0.15) is 0 Å². The first-order valence-corrected chi connectivity index (χ1v) is 6.62. The largest absolute Gasteiger partial charge is 0.337 e. The van der Waals surface area contributed by atoms with Gasteiger partial charge in [0.15, 0.2) is 0 Å². The van der Waals surface area contributed by atoms with Crippen molar-refractivity contribution in [2.24, 2.45) is 0 Å². The summed E-state index contributed by atoms with van der Waals surface area (Å²) < 4.78 is 0. The summed E-state index contributed by atoms with van der Waals surface area (Å²) in [7, 11) is 1.09. The van der Waals surface area contributed by atoms with Crippen LogP contribution in [0.25, 0.3) is 0 Å². The lowest BCUT2D eigenvalue weighted by Crippen LogP contribution is -2.42. The van der Waals surface area contributed by atoms with Gasteiger partial charge in [0.05, 0.1) is 10.4 Å². The lowest BCUT2D eigenvalue weighted by Gasteiger charge is -2.38. The molecule has 0 heterocycles. The monoisotopic (exact) mass is 205 g/mol. The molecule has 0 aliphatic heterocycles. The molecule has 0 amide bonds. The molecule has 2 heteroatoms. The molecule has 0 saturated heterocycles. The minimum atomic E-state index is 0.325. The van der Waals surface area contributed by atoms with Crippen LogP contribution in [0.5, 0.6) is 0 Å². The van der Waals surface area contributed by atoms with E-state index in [4.69, 9.17) is 0 Å². The Morgan fingerprint density at radius 2 is 1.64 bits per heavy atom. The average molecular weight is 205 g/mol. The number of nitrogens with one attached hydrogen (secondary N) is 1. The molecular weight excluding hydrogens is 186 g/mol. The van der Waals surface area contributed by atoms with Crippen LogP contribution in [-0.4, -0.2) is 10.4 Å². The third kappa shape index (κ3) is 1.77. The van der Waals surface area contributed by atoms with E-state index >= 15 is 0 Å². The van der Waals surface area contributed by atoms with Crippen LogP contribution in [0.3, 0.4) is 0 Å². The summed E-state index contributed by atoms with van der Waals surface area (Å²) in [5, 5.41) is 0. The minimum absolute atomic E-state index is 0.325. The summed E-state index contributed by atoms with van der Waals surface area (Å²) in [6.07, 6.45) is 6.81. The van der Waals surface area contributed by atoms with Gasteiger partial charge in [-0.1, -0.05) is 49.6 Å². The Balaban J connectivity index is 2.27. The fraction of sp³-hybridized carbons (Fsp3) is 0.500. The highest BCUT2D eigenvalue weighted by molar-refractivity contribution is 6.05. The van der Waals surface area contributed by atoms with E-state index in [2.05, 4.69) is 35.3 Å². The molecule has 0 aromatic heterocycles. The van der Waals surface area contributed by atoms with Crippen molar-refractivity contribution in [3.63, 3.8) is 0 Å². The van der Waals surface area contributed by atoms with E-state index in [1.165, 1.54) is 37.7 Å². The van der Waals surface area contributed by atoms with Crippen LogP contribution in [0.2, 0.25) is 0 Å². The molecule has 1 fully saturated rings. The van der Waals surface area contributed by atoms with E-state index < -0.39 is 0 Å². The normalized spacial score (nSPS) is 20.9. The molecule has 1 aliphatic rings. The Morgan fingerprint density at radius 1 is 1.00 bits per heavy atom. The van der Waals surface area contributed by atoms with Gasteiger partial charge >= 0.3 is 0 Å². The van der Waals surface area contributed by atoms with Crippen molar-refractivity contribution in [3.8, 4) is 0 Å². The summed E-state index contributed by atoms with van der Waals surface area (Å²) >= 11 is 0. The smallest absolute Gasteiger partial charge is 0.0760 e. The predicted molar refractivity (Wildman–Crippen MR) is 64.3 cm³/mol. The molecule has 0 bridgehead atoms. The molecule has 0 unspecified atom stereocenters. The van der Waals surface area contributed by atoms with Crippen LogP contribution >= 0.6 is 0 Å².